The molecule has 1 unspecified atom stereocenters. The fourth-order valence-corrected chi connectivity index (χ4v) is 2.07. The van der Waals surface area contributed by atoms with Crippen molar-refractivity contribution in [1.82, 2.24) is 5.32 Å². The molecule has 0 bridgehead atoms. The Balaban J connectivity index is 1.99. The van der Waals surface area contributed by atoms with Crippen LogP contribution in [0.4, 0.5) is 4.39 Å². The molecule has 0 heterocycles. The van der Waals surface area contributed by atoms with E-state index in [1.54, 1.807) is 0 Å². The maximum atomic E-state index is 12.8. The standard InChI is InChI=1S/C17H18FNO/c1-2-16(12-13-6-4-3-5-7-13)19-17(20)14-8-10-15(18)11-9-14/h3-11,16H,2,12H2,1H3,(H,19,20). The van der Waals surface area contributed by atoms with Crippen molar-refractivity contribution in [3.8, 4) is 0 Å². The van der Waals surface area contributed by atoms with Crippen molar-refractivity contribution in [2.24, 2.45) is 0 Å². The smallest absolute Gasteiger partial charge is 0.251 e. The highest BCUT2D eigenvalue weighted by Gasteiger charge is 2.12. The van der Waals surface area contributed by atoms with Gasteiger partial charge in [0.15, 0.2) is 0 Å². The van der Waals surface area contributed by atoms with Gasteiger partial charge in [0.05, 0.1) is 0 Å². The maximum Gasteiger partial charge on any atom is 0.251 e. The second kappa shape index (κ2) is 6.85. The monoisotopic (exact) mass is 271 g/mol. The SMILES string of the molecule is CCC(Cc1ccccc1)NC(=O)c1ccc(F)cc1. The summed E-state index contributed by atoms with van der Waals surface area (Å²) < 4.78 is 12.8. The predicted molar refractivity (Wildman–Crippen MR) is 78.1 cm³/mol. The van der Waals surface area contributed by atoms with Gasteiger partial charge in [-0.05, 0) is 42.7 Å². The van der Waals surface area contributed by atoms with Crippen LogP contribution in [0.3, 0.4) is 0 Å². The zero-order valence-electron chi connectivity index (χ0n) is 11.5. The van der Waals surface area contributed by atoms with Gasteiger partial charge in [-0.15, -0.1) is 0 Å². The van der Waals surface area contributed by atoms with Crippen LogP contribution < -0.4 is 5.32 Å². The minimum Gasteiger partial charge on any atom is -0.349 e. The molecule has 2 nitrogen and oxygen atoms in total. The van der Waals surface area contributed by atoms with E-state index >= 15 is 0 Å². The Hall–Kier alpha value is -2.16. The van der Waals surface area contributed by atoms with E-state index in [9.17, 15) is 9.18 Å². The van der Waals surface area contributed by atoms with Crippen LogP contribution in [0, 0.1) is 5.82 Å². The molecule has 0 aliphatic carbocycles. The fourth-order valence-electron chi connectivity index (χ4n) is 2.07. The van der Waals surface area contributed by atoms with E-state index in [-0.39, 0.29) is 17.8 Å². The Labute approximate surface area is 118 Å². The molecule has 0 saturated carbocycles. The predicted octanol–water partition coefficient (Wildman–Crippen LogP) is 3.58. The van der Waals surface area contributed by atoms with Crippen molar-refractivity contribution in [3.63, 3.8) is 0 Å². The second-order valence-corrected chi connectivity index (χ2v) is 4.78. The van der Waals surface area contributed by atoms with Crippen LogP contribution in [0.5, 0.6) is 0 Å². The topological polar surface area (TPSA) is 29.1 Å². The average Bonchev–Trinajstić information content (AvgIpc) is 2.48. The second-order valence-electron chi connectivity index (χ2n) is 4.78. The number of carbonyl (C=O) groups excluding carboxylic acids is 1. The Morgan fingerprint density at radius 2 is 1.75 bits per heavy atom. The van der Waals surface area contributed by atoms with Gasteiger partial charge in [-0.1, -0.05) is 37.3 Å². The largest absolute Gasteiger partial charge is 0.349 e. The number of hydrogen-bond donors (Lipinski definition) is 1. The first-order valence-electron chi connectivity index (χ1n) is 6.79. The summed E-state index contributed by atoms with van der Waals surface area (Å²) in [5, 5.41) is 2.99. The van der Waals surface area contributed by atoms with E-state index in [1.807, 2.05) is 37.3 Å². The van der Waals surface area contributed by atoms with Crippen molar-refractivity contribution in [2.75, 3.05) is 0 Å². The summed E-state index contributed by atoms with van der Waals surface area (Å²) in [5.41, 5.74) is 1.68. The van der Waals surface area contributed by atoms with Crippen LogP contribution in [0.25, 0.3) is 0 Å². The van der Waals surface area contributed by atoms with Crippen LogP contribution in [0.1, 0.15) is 29.3 Å². The van der Waals surface area contributed by atoms with Crippen LogP contribution >= 0.6 is 0 Å². The highest BCUT2D eigenvalue weighted by molar-refractivity contribution is 5.94. The molecule has 104 valence electrons. The summed E-state index contributed by atoms with van der Waals surface area (Å²) in [5.74, 6) is -0.495. The minimum absolute atomic E-state index is 0.0787. The third-order valence-corrected chi connectivity index (χ3v) is 3.26. The number of carbonyl (C=O) groups is 1. The van der Waals surface area contributed by atoms with Crippen LogP contribution in [-0.4, -0.2) is 11.9 Å². The van der Waals surface area contributed by atoms with Crippen LogP contribution in [0.2, 0.25) is 0 Å². The number of halogens is 1. The summed E-state index contributed by atoms with van der Waals surface area (Å²) in [6.07, 6.45) is 1.64. The average molecular weight is 271 g/mol. The molecule has 0 spiro atoms. The molecule has 3 heteroatoms. The van der Waals surface area contributed by atoms with Crippen molar-refractivity contribution >= 4 is 5.91 Å². The number of nitrogens with one attached hydrogen (secondary N) is 1. The zero-order chi connectivity index (χ0) is 14.4. The Morgan fingerprint density at radius 3 is 2.35 bits per heavy atom. The van der Waals surface area contributed by atoms with Crippen LogP contribution in [0.15, 0.2) is 54.6 Å². The molecule has 1 amide bonds. The Kier molecular flexibility index (Phi) is 4.88. The third kappa shape index (κ3) is 3.92. The molecule has 20 heavy (non-hydrogen) atoms. The summed E-state index contributed by atoms with van der Waals surface area (Å²) in [7, 11) is 0. The van der Waals surface area contributed by atoms with Gasteiger partial charge in [-0.25, -0.2) is 4.39 Å². The van der Waals surface area contributed by atoms with Gasteiger partial charge in [0.1, 0.15) is 5.82 Å². The molecule has 1 N–H and O–H groups in total. The van der Waals surface area contributed by atoms with Crippen molar-refractivity contribution < 1.29 is 9.18 Å². The van der Waals surface area contributed by atoms with Gasteiger partial charge in [0.25, 0.3) is 5.91 Å². The first kappa shape index (κ1) is 14.3. The van der Waals surface area contributed by atoms with E-state index in [0.717, 1.165) is 12.8 Å². The molecule has 0 aliphatic heterocycles. The molecule has 0 saturated heterocycles. The van der Waals surface area contributed by atoms with Gasteiger partial charge in [-0.2, -0.15) is 0 Å². The van der Waals surface area contributed by atoms with E-state index in [0.29, 0.717) is 5.56 Å². The quantitative estimate of drug-likeness (QED) is 0.885. The van der Waals surface area contributed by atoms with Crippen molar-refractivity contribution in [3.05, 3.63) is 71.5 Å². The van der Waals surface area contributed by atoms with E-state index in [2.05, 4.69) is 5.32 Å². The molecular formula is C17H18FNO. The molecule has 0 radical (unpaired) electrons. The van der Waals surface area contributed by atoms with E-state index in [4.69, 9.17) is 0 Å². The Bertz CT molecular complexity index is 551. The lowest BCUT2D eigenvalue weighted by Gasteiger charge is -2.17. The molecule has 2 aromatic rings. The van der Waals surface area contributed by atoms with Gasteiger partial charge in [-0.3, -0.25) is 4.79 Å². The van der Waals surface area contributed by atoms with Crippen LogP contribution in [-0.2, 0) is 6.42 Å². The van der Waals surface area contributed by atoms with E-state index in [1.165, 1.54) is 29.8 Å². The third-order valence-electron chi connectivity index (χ3n) is 3.26. The summed E-state index contributed by atoms with van der Waals surface area (Å²) in [4.78, 5) is 12.1. The summed E-state index contributed by atoms with van der Waals surface area (Å²) >= 11 is 0. The van der Waals surface area contributed by atoms with Crippen molar-refractivity contribution in [2.45, 2.75) is 25.8 Å². The number of benzene rings is 2. The minimum atomic E-state index is -0.335. The van der Waals surface area contributed by atoms with Gasteiger partial charge >= 0.3 is 0 Å². The number of hydrogen-bond acceptors (Lipinski definition) is 1. The highest BCUT2D eigenvalue weighted by Crippen LogP contribution is 2.08. The summed E-state index contributed by atoms with van der Waals surface area (Å²) in [6, 6.07) is 15.7. The molecule has 1 atom stereocenters. The normalized spacial score (nSPS) is 11.9. The Morgan fingerprint density at radius 1 is 1.10 bits per heavy atom. The van der Waals surface area contributed by atoms with E-state index < -0.39 is 0 Å². The lowest BCUT2D eigenvalue weighted by Crippen LogP contribution is -2.35. The van der Waals surface area contributed by atoms with Crippen molar-refractivity contribution in [1.29, 1.82) is 0 Å². The lowest BCUT2D eigenvalue weighted by molar-refractivity contribution is 0.0936. The molecule has 2 rings (SSSR count). The fraction of sp³-hybridized carbons (Fsp3) is 0.235. The summed E-state index contributed by atoms with van der Waals surface area (Å²) in [6.45, 7) is 2.04. The molecule has 2 aromatic carbocycles. The zero-order valence-corrected chi connectivity index (χ0v) is 11.5. The first-order valence-corrected chi connectivity index (χ1v) is 6.79. The molecule has 0 fully saturated rings. The molecule has 0 aliphatic rings. The number of amides is 1. The highest BCUT2D eigenvalue weighted by atomic mass is 19.1. The van der Waals surface area contributed by atoms with Gasteiger partial charge in [0, 0.05) is 11.6 Å². The lowest BCUT2D eigenvalue weighted by atomic mass is 10.0. The molecule has 0 aromatic heterocycles. The number of rotatable bonds is 5. The van der Waals surface area contributed by atoms with Gasteiger partial charge < -0.3 is 5.32 Å². The van der Waals surface area contributed by atoms with Gasteiger partial charge in [0.2, 0.25) is 0 Å². The molecular weight excluding hydrogens is 253 g/mol. The maximum absolute atomic E-state index is 12.8. The first-order chi connectivity index (χ1) is 9.69.